The van der Waals surface area contributed by atoms with Crippen molar-refractivity contribution in [3.8, 4) is 0 Å². The number of likely N-dealkylation sites (tertiary alicyclic amines) is 1. The van der Waals surface area contributed by atoms with Crippen molar-refractivity contribution in [1.29, 1.82) is 0 Å². The van der Waals surface area contributed by atoms with Crippen LogP contribution in [0.3, 0.4) is 0 Å². The van der Waals surface area contributed by atoms with Crippen molar-refractivity contribution in [3.63, 3.8) is 0 Å². The number of rotatable bonds is 4. The van der Waals surface area contributed by atoms with Crippen LogP contribution in [0.5, 0.6) is 0 Å². The van der Waals surface area contributed by atoms with Gasteiger partial charge in [-0.05, 0) is 40.2 Å². The van der Waals surface area contributed by atoms with Crippen LogP contribution in [0.4, 0.5) is 0 Å². The van der Waals surface area contributed by atoms with E-state index in [1.807, 2.05) is 13.8 Å². The summed E-state index contributed by atoms with van der Waals surface area (Å²) in [6, 6.07) is 1.27. The van der Waals surface area contributed by atoms with Gasteiger partial charge in [-0.2, -0.15) is 0 Å². The van der Waals surface area contributed by atoms with E-state index in [9.17, 15) is 4.79 Å². The van der Waals surface area contributed by atoms with E-state index in [1.165, 1.54) is 0 Å². The zero-order valence-corrected chi connectivity index (χ0v) is 11.8. The van der Waals surface area contributed by atoms with E-state index < -0.39 is 0 Å². The number of amides is 1. The van der Waals surface area contributed by atoms with Crippen molar-refractivity contribution in [2.24, 2.45) is 5.92 Å². The van der Waals surface area contributed by atoms with Crippen molar-refractivity contribution in [2.45, 2.75) is 52.2 Å². The first kappa shape index (κ1) is 14.5. The lowest BCUT2D eigenvalue weighted by Gasteiger charge is -2.40. The Hall–Kier alpha value is -0.610. The summed E-state index contributed by atoms with van der Waals surface area (Å²) in [5, 5.41) is 6.29. The molecule has 3 unspecified atom stereocenters. The molecular formula is C13H27N3O. The topological polar surface area (TPSA) is 44.4 Å². The van der Waals surface area contributed by atoms with Crippen LogP contribution in [0.15, 0.2) is 0 Å². The summed E-state index contributed by atoms with van der Waals surface area (Å²) in [6.45, 7) is 10.00. The summed E-state index contributed by atoms with van der Waals surface area (Å²) in [4.78, 5) is 14.0. The first-order valence-corrected chi connectivity index (χ1v) is 6.63. The van der Waals surface area contributed by atoms with E-state index in [0.29, 0.717) is 24.5 Å². The highest BCUT2D eigenvalue weighted by atomic mass is 16.1. The molecule has 0 aliphatic carbocycles. The molecule has 1 amide bonds. The van der Waals surface area contributed by atoms with Gasteiger partial charge in [-0.1, -0.05) is 6.92 Å². The van der Waals surface area contributed by atoms with Gasteiger partial charge >= 0.3 is 0 Å². The lowest BCUT2D eigenvalue weighted by Crippen LogP contribution is -2.52. The first-order valence-electron chi connectivity index (χ1n) is 6.63. The van der Waals surface area contributed by atoms with E-state index in [2.05, 4.69) is 36.4 Å². The van der Waals surface area contributed by atoms with Gasteiger partial charge in [0.05, 0.1) is 6.54 Å². The fourth-order valence-corrected chi connectivity index (χ4v) is 2.42. The van der Waals surface area contributed by atoms with Crippen molar-refractivity contribution < 1.29 is 4.79 Å². The summed E-state index contributed by atoms with van der Waals surface area (Å²) in [5.41, 5.74) is 0. The maximum Gasteiger partial charge on any atom is 0.234 e. The lowest BCUT2D eigenvalue weighted by atomic mass is 9.90. The Bertz CT molecular complexity index is 255. The summed E-state index contributed by atoms with van der Waals surface area (Å²) in [6.07, 6.45) is 1.12. The fraction of sp³-hybridized carbons (Fsp3) is 0.923. The average Bonchev–Trinajstić information content (AvgIpc) is 2.20. The van der Waals surface area contributed by atoms with Crippen LogP contribution < -0.4 is 10.6 Å². The third-order valence-corrected chi connectivity index (χ3v) is 3.58. The second-order valence-corrected chi connectivity index (χ2v) is 5.71. The molecule has 1 aliphatic heterocycles. The highest BCUT2D eigenvalue weighted by Gasteiger charge is 2.28. The summed E-state index contributed by atoms with van der Waals surface area (Å²) < 4.78 is 0. The molecule has 0 aromatic carbocycles. The first-order chi connectivity index (χ1) is 7.90. The fourth-order valence-electron chi connectivity index (χ4n) is 2.42. The molecule has 0 aromatic heterocycles. The Balaban J connectivity index is 2.33. The SMILES string of the molecule is CC(C)NC(=O)CNC1CC(C)N(C)CC1C. The number of carbonyl (C=O) groups excluding carboxylic acids is 1. The molecule has 0 spiro atoms. The molecule has 1 rings (SSSR count). The standard InChI is InChI=1S/C13H27N3O/c1-9(2)15-13(17)7-14-12-6-11(4)16(5)8-10(12)3/h9-12,14H,6-8H2,1-5H3,(H,15,17). The monoisotopic (exact) mass is 241 g/mol. The zero-order chi connectivity index (χ0) is 13.0. The Morgan fingerprint density at radius 3 is 2.65 bits per heavy atom. The van der Waals surface area contributed by atoms with Crippen LogP contribution >= 0.6 is 0 Å². The molecule has 0 radical (unpaired) electrons. The van der Waals surface area contributed by atoms with Gasteiger partial charge in [0, 0.05) is 24.7 Å². The van der Waals surface area contributed by atoms with Crippen LogP contribution in [0.25, 0.3) is 0 Å². The molecule has 0 bridgehead atoms. The second kappa shape index (κ2) is 6.36. The number of hydrogen-bond acceptors (Lipinski definition) is 3. The van der Waals surface area contributed by atoms with Gasteiger partial charge in [-0.25, -0.2) is 0 Å². The molecule has 100 valence electrons. The molecule has 1 saturated heterocycles. The molecule has 4 heteroatoms. The summed E-state index contributed by atoms with van der Waals surface area (Å²) >= 11 is 0. The number of piperidine rings is 1. The third-order valence-electron chi connectivity index (χ3n) is 3.58. The van der Waals surface area contributed by atoms with Crippen LogP contribution in [0.1, 0.15) is 34.1 Å². The average molecular weight is 241 g/mol. The maximum atomic E-state index is 11.6. The van der Waals surface area contributed by atoms with Gasteiger partial charge in [-0.3, -0.25) is 4.79 Å². The minimum Gasteiger partial charge on any atom is -0.353 e. The number of carbonyl (C=O) groups is 1. The van der Waals surface area contributed by atoms with Crippen molar-refractivity contribution >= 4 is 5.91 Å². The Morgan fingerprint density at radius 2 is 2.06 bits per heavy atom. The molecule has 1 aliphatic rings. The molecule has 3 atom stereocenters. The van der Waals surface area contributed by atoms with Crippen molar-refractivity contribution in [2.75, 3.05) is 20.1 Å². The van der Waals surface area contributed by atoms with Crippen LogP contribution in [0.2, 0.25) is 0 Å². The normalized spacial score (nSPS) is 30.6. The van der Waals surface area contributed by atoms with Crippen LogP contribution in [-0.4, -0.2) is 49.1 Å². The Kier molecular flexibility index (Phi) is 5.40. The van der Waals surface area contributed by atoms with Gasteiger partial charge in [0.25, 0.3) is 0 Å². The molecule has 0 aromatic rings. The van der Waals surface area contributed by atoms with E-state index >= 15 is 0 Å². The number of nitrogens with zero attached hydrogens (tertiary/aromatic N) is 1. The van der Waals surface area contributed by atoms with Gasteiger partial charge in [0.1, 0.15) is 0 Å². The smallest absolute Gasteiger partial charge is 0.234 e. The van der Waals surface area contributed by atoms with Gasteiger partial charge in [-0.15, -0.1) is 0 Å². The largest absolute Gasteiger partial charge is 0.353 e. The zero-order valence-electron chi connectivity index (χ0n) is 11.8. The van der Waals surface area contributed by atoms with E-state index in [0.717, 1.165) is 13.0 Å². The van der Waals surface area contributed by atoms with Gasteiger partial charge < -0.3 is 15.5 Å². The van der Waals surface area contributed by atoms with Crippen molar-refractivity contribution in [1.82, 2.24) is 15.5 Å². The quantitative estimate of drug-likeness (QED) is 0.766. The van der Waals surface area contributed by atoms with Gasteiger partial charge in [0.2, 0.25) is 5.91 Å². The molecule has 0 saturated carbocycles. The van der Waals surface area contributed by atoms with Crippen LogP contribution in [-0.2, 0) is 4.79 Å². The minimum atomic E-state index is 0.0961. The molecule has 4 nitrogen and oxygen atoms in total. The molecular weight excluding hydrogens is 214 g/mol. The van der Waals surface area contributed by atoms with Gasteiger partial charge in [0.15, 0.2) is 0 Å². The van der Waals surface area contributed by atoms with Crippen molar-refractivity contribution in [3.05, 3.63) is 0 Å². The third kappa shape index (κ3) is 4.64. The minimum absolute atomic E-state index is 0.0961. The Morgan fingerprint density at radius 1 is 1.41 bits per heavy atom. The number of nitrogens with one attached hydrogen (secondary N) is 2. The molecule has 1 heterocycles. The van der Waals surface area contributed by atoms with Crippen LogP contribution in [0, 0.1) is 5.92 Å². The molecule has 2 N–H and O–H groups in total. The molecule has 1 fully saturated rings. The highest BCUT2D eigenvalue weighted by Crippen LogP contribution is 2.20. The summed E-state index contributed by atoms with van der Waals surface area (Å²) in [5.74, 6) is 0.696. The summed E-state index contributed by atoms with van der Waals surface area (Å²) in [7, 11) is 2.17. The van der Waals surface area contributed by atoms with E-state index in [1.54, 1.807) is 0 Å². The number of hydrogen-bond donors (Lipinski definition) is 2. The van der Waals surface area contributed by atoms with E-state index in [4.69, 9.17) is 0 Å². The molecule has 17 heavy (non-hydrogen) atoms. The predicted octanol–water partition coefficient (Wildman–Crippen LogP) is 0.829. The Labute approximate surface area is 105 Å². The van der Waals surface area contributed by atoms with E-state index in [-0.39, 0.29) is 11.9 Å². The maximum absolute atomic E-state index is 11.6. The second-order valence-electron chi connectivity index (χ2n) is 5.71. The predicted molar refractivity (Wildman–Crippen MR) is 70.9 cm³/mol. The highest BCUT2D eigenvalue weighted by molar-refractivity contribution is 5.78. The lowest BCUT2D eigenvalue weighted by molar-refractivity contribution is -0.121.